The third-order valence-electron chi connectivity index (χ3n) is 9.53. The van der Waals surface area contributed by atoms with E-state index in [1.165, 1.54) is 38.6 Å². The highest BCUT2D eigenvalue weighted by Gasteiger charge is 2.15. The summed E-state index contributed by atoms with van der Waals surface area (Å²) < 4.78 is 0. The number of benzene rings is 8. The molecule has 0 aliphatic rings. The van der Waals surface area contributed by atoms with Crippen molar-refractivity contribution in [3.8, 4) is 78.7 Å². The van der Waals surface area contributed by atoms with Crippen LogP contribution in [-0.2, 0) is 0 Å². The van der Waals surface area contributed by atoms with Gasteiger partial charge < -0.3 is 0 Å². The minimum Gasteiger partial charge on any atom is -0.208 e. The van der Waals surface area contributed by atoms with Crippen LogP contribution in [0.4, 0.5) is 0 Å². The average molecular weight is 664 g/mol. The first-order chi connectivity index (χ1) is 25.8. The molecule has 1 aromatic heterocycles. The maximum absolute atomic E-state index is 4.97. The number of nitrogens with zero attached hydrogens (tertiary/aromatic N) is 3. The van der Waals surface area contributed by atoms with Gasteiger partial charge in [0, 0.05) is 16.7 Å². The van der Waals surface area contributed by atoms with Crippen LogP contribution >= 0.6 is 0 Å². The van der Waals surface area contributed by atoms with Crippen LogP contribution in [-0.4, -0.2) is 15.0 Å². The van der Waals surface area contributed by atoms with Gasteiger partial charge in [-0.3, -0.25) is 0 Å². The smallest absolute Gasteiger partial charge is 0.164 e. The van der Waals surface area contributed by atoms with Crippen molar-refractivity contribution in [1.82, 2.24) is 15.0 Å². The Morgan fingerprint density at radius 3 is 1.17 bits per heavy atom. The Bertz CT molecular complexity index is 2620. The predicted octanol–water partition coefficient (Wildman–Crippen LogP) is 12.7. The summed E-state index contributed by atoms with van der Waals surface area (Å²) in [6, 6.07) is 70.2. The van der Waals surface area contributed by atoms with Crippen LogP contribution < -0.4 is 0 Å². The quantitative estimate of drug-likeness (QED) is 0.170. The van der Waals surface area contributed by atoms with E-state index < -0.39 is 0 Å². The standard InChI is InChI=1S/C49H33N3/c1-3-16-35(17-4-1)47-50-48(36-18-5-2-6-19-36)52-49(51-47)42-24-14-22-39(33-42)38-21-13-23-40(32-38)43-25-9-11-27-45(43)46-28-12-10-26-44(46)41-30-29-34-15-7-8-20-37(34)31-41/h1-33H. The molecule has 0 unspecified atom stereocenters. The third kappa shape index (κ3) is 6.17. The van der Waals surface area contributed by atoms with Crippen molar-refractivity contribution in [3.63, 3.8) is 0 Å². The molecule has 52 heavy (non-hydrogen) atoms. The summed E-state index contributed by atoms with van der Waals surface area (Å²) in [5.41, 5.74) is 12.2. The summed E-state index contributed by atoms with van der Waals surface area (Å²) in [6.07, 6.45) is 0. The maximum atomic E-state index is 4.97. The minimum absolute atomic E-state index is 0.640. The molecule has 0 amide bonds. The highest BCUT2D eigenvalue weighted by atomic mass is 15.0. The molecule has 0 fully saturated rings. The first kappa shape index (κ1) is 31.0. The van der Waals surface area contributed by atoms with Crippen LogP contribution in [0.1, 0.15) is 0 Å². The molecule has 244 valence electrons. The number of rotatable bonds is 7. The average Bonchev–Trinajstić information content (AvgIpc) is 3.24. The van der Waals surface area contributed by atoms with Gasteiger partial charge >= 0.3 is 0 Å². The van der Waals surface area contributed by atoms with Crippen LogP contribution in [0.2, 0.25) is 0 Å². The van der Waals surface area contributed by atoms with Crippen LogP contribution in [0.3, 0.4) is 0 Å². The van der Waals surface area contributed by atoms with Crippen molar-refractivity contribution in [1.29, 1.82) is 0 Å². The summed E-state index contributed by atoms with van der Waals surface area (Å²) in [7, 11) is 0. The summed E-state index contributed by atoms with van der Waals surface area (Å²) in [5, 5.41) is 2.48. The summed E-state index contributed by atoms with van der Waals surface area (Å²) in [4.78, 5) is 14.8. The van der Waals surface area contributed by atoms with E-state index in [4.69, 9.17) is 15.0 Å². The van der Waals surface area contributed by atoms with E-state index in [9.17, 15) is 0 Å². The van der Waals surface area contributed by atoms with Crippen LogP contribution in [0.25, 0.3) is 89.4 Å². The molecule has 0 saturated carbocycles. The fourth-order valence-corrected chi connectivity index (χ4v) is 6.94. The monoisotopic (exact) mass is 663 g/mol. The fraction of sp³-hybridized carbons (Fsp3) is 0. The Labute approximate surface area is 303 Å². The molecule has 0 bridgehead atoms. The Morgan fingerprint density at radius 1 is 0.212 bits per heavy atom. The van der Waals surface area contributed by atoms with E-state index in [1.807, 2.05) is 60.7 Å². The van der Waals surface area contributed by atoms with Gasteiger partial charge in [-0.1, -0.05) is 182 Å². The Kier molecular flexibility index (Phi) is 8.20. The van der Waals surface area contributed by atoms with Crippen molar-refractivity contribution in [2.45, 2.75) is 0 Å². The largest absolute Gasteiger partial charge is 0.208 e. The first-order valence-electron chi connectivity index (χ1n) is 17.5. The second-order valence-electron chi connectivity index (χ2n) is 12.9. The molecule has 8 aromatic carbocycles. The topological polar surface area (TPSA) is 38.7 Å². The second-order valence-corrected chi connectivity index (χ2v) is 12.9. The van der Waals surface area contributed by atoms with E-state index >= 15 is 0 Å². The lowest BCUT2D eigenvalue weighted by molar-refractivity contribution is 1.07. The van der Waals surface area contributed by atoms with Gasteiger partial charge in [-0.2, -0.15) is 0 Å². The summed E-state index contributed by atoms with van der Waals surface area (Å²) >= 11 is 0. The highest BCUT2D eigenvalue weighted by Crippen LogP contribution is 2.40. The lowest BCUT2D eigenvalue weighted by Gasteiger charge is -2.16. The molecular formula is C49H33N3. The van der Waals surface area contributed by atoms with E-state index in [-0.39, 0.29) is 0 Å². The van der Waals surface area contributed by atoms with Gasteiger partial charge in [0.1, 0.15) is 0 Å². The molecule has 9 rings (SSSR count). The van der Waals surface area contributed by atoms with Crippen molar-refractivity contribution < 1.29 is 0 Å². The molecule has 0 aliphatic heterocycles. The zero-order valence-corrected chi connectivity index (χ0v) is 28.4. The van der Waals surface area contributed by atoms with Gasteiger partial charge in [-0.05, 0) is 73.5 Å². The van der Waals surface area contributed by atoms with Crippen molar-refractivity contribution in [2.75, 3.05) is 0 Å². The summed E-state index contributed by atoms with van der Waals surface area (Å²) in [5.74, 6) is 1.94. The Hall–Kier alpha value is -6.97. The molecule has 0 N–H and O–H groups in total. The van der Waals surface area contributed by atoms with Crippen LogP contribution in [0.15, 0.2) is 200 Å². The van der Waals surface area contributed by atoms with Gasteiger partial charge in [0.15, 0.2) is 17.5 Å². The molecule has 0 radical (unpaired) electrons. The molecule has 0 spiro atoms. The Morgan fingerprint density at radius 2 is 0.596 bits per heavy atom. The zero-order chi connectivity index (χ0) is 34.7. The van der Waals surface area contributed by atoms with E-state index in [0.29, 0.717) is 17.5 Å². The van der Waals surface area contributed by atoms with Gasteiger partial charge in [-0.25, -0.2) is 15.0 Å². The van der Waals surface area contributed by atoms with Crippen LogP contribution in [0, 0.1) is 0 Å². The fourth-order valence-electron chi connectivity index (χ4n) is 6.94. The zero-order valence-electron chi connectivity index (χ0n) is 28.4. The molecular weight excluding hydrogens is 631 g/mol. The molecule has 3 nitrogen and oxygen atoms in total. The second kappa shape index (κ2) is 13.7. The SMILES string of the molecule is c1ccc(-c2nc(-c3ccccc3)nc(-c3cccc(-c4cccc(-c5ccccc5-c5ccccc5-c5ccc6ccccc6c5)c4)c3)n2)cc1. The lowest BCUT2D eigenvalue weighted by atomic mass is 9.88. The first-order valence-corrected chi connectivity index (χ1v) is 17.5. The molecule has 0 saturated heterocycles. The maximum Gasteiger partial charge on any atom is 0.164 e. The van der Waals surface area contributed by atoms with Crippen molar-refractivity contribution >= 4 is 10.8 Å². The molecule has 0 aliphatic carbocycles. The van der Waals surface area contributed by atoms with Gasteiger partial charge in [-0.15, -0.1) is 0 Å². The van der Waals surface area contributed by atoms with Crippen molar-refractivity contribution in [3.05, 3.63) is 200 Å². The third-order valence-corrected chi connectivity index (χ3v) is 9.53. The molecule has 9 aromatic rings. The number of hydrogen-bond acceptors (Lipinski definition) is 3. The van der Waals surface area contributed by atoms with Gasteiger partial charge in [0.05, 0.1) is 0 Å². The predicted molar refractivity (Wildman–Crippen MR) is 215 cm³/mol. The number of aromatic nitrogens is 3. The Balaban J connectivity index is 1.11. The molecule has 1 heterocycles. The van der Waals surface area contributed by atoms with Gasteiger partial charge in [0.2, 0.25) is 0 Å². The van der Waals surface area contributed by atoms with Crippen molar-refractivity contribution in [2.24, 2.45) is 0 Å². The minimum atomic E-state index is 0.640. The highest BCUT2D eigenvalue weighted by molar-refractivity contribution is 5.95. The van der Waals surface area contributed by atoms with Crippen LogP contribution in [0.5, 0.6) is 0 Å². The normalized spacial score (nSPS) is 11.1. The molecule has 0 atom stereocenters. The van der Waals surface area contributed by atoms with E-state index in [1.54, 1.807) is 0 Å². The van der Waals surface area contributed by atoms with E-state index in [2.05, 4.69) is 140 Å². The summed E-state index contributed by atoms with van der Waals surface area (Å²) in [6.45, 7) is 0. The number of hydrogen-bond donors (Lipinski definition) is 0. The lowest BCUT2D eigenvalue weighted by Crippen LogP contribution is -2.00. The van der Waals surface area contributed by atoms with Gasteiger partial charge in [0.25, 0.3) is 0 Å². The number of fused-ring (bicyclic) bond motifs is 1. The molecule has 3 heteroatoms. The van der Waals surface area contributed by atoms with E-state index in [0.717, 1.165) is 33.4 Å².